The van der Waals surface area contributed by atoms with Gasteiger partial charge < -0.3 is 10.3 Å². The van der Waals surface area contributed by atoms with Gasteiger partial charge in [0.2, 0.25) is 0 Å². The van der Waals surface area contributed by atoms with Gasteiger partial charge >= 0.3 is 6.18 Å². The number of pyridine rings is 1. The highest BCUT2D eigenvalue weighted by Gasteiger charge is 2.31. The van der Waals surface area contributed by atoms with E-state index < -0.39 is 11.7 Å². The first-order chi connectivity index (χ1) is 13.8. The Kier molecular flexibility index (Phi) is 4.78. The van der Waals surface area contributed by atoms with Crippen molar-refractivity contribution < 1.29 is 13.2 Å². The topological polar surface area (TPSA) is 40.7 Å². The van der Waals surface area contributed by atoms with E-state index in [0.717, 1.165) is 45.4 Å². The number of nitrogens with one attached hydrogen (secondary N) is 2. The summed E-state index contributed by atoms with van der Waals surface area (Å²) in [4.78, 5) is 7.79. The molecule has 0 saturated heterocycles. The van der Waals surface area contributed by atoms with Crippen molar-refractivity contribution >= 4 is 16.7 Å². The number of alkyl halides is 3. The third-order valence-corrected chi connectivity index (χ3v) is 5.09. The number of hydrogen-bond acceptors (Lipinski definition) is 2. The van der Waals surface area contributed by atoms with Crippen LogP contribution in [0.3, 0.4) is 0 Å². The second-order valence-corrected chi connectivity index (χ2v) is 7.08. The smallest absolute Gasteiger partial charge is 0.359 e. The summed E-state index contributed by atoms with van der Waals surface area (Å²) in [6.07, 6.45) is -2.67. The molecule has 0 spiro atoms. The summed E-state index contributed by atoms with van der Waals surface area (Å²) in [6, 6.07) is 16.6. The van der Waals surface area contributed by atoms with Crippen molar-refractivity contribution in [1.29, 1.82) is 0 Å². The second-order valence-electron chi connectivity index (χ2n) is 7.08. The van der Waals surface area contributed by atoms with Crippen LogP contribution in [0.15, 0.2) is 66.9 Å². The van der Waals surface area contributed by atoms with Crippen molar-refractivity contribution in [2.24, 2.45) is 0 Å². The predicted molar refractivity (Wildman–Crippen MR) is 109 cm³/mol. The van der Waals surface area contributed by atoms with Crippen LogP contribution in [0.1, 0.15) is 34.0 Å². The van der Waals surface area contributed by atoms with E-state index in [9.17, 15) is 13.2 Å². The highest BCUT2D eigenvalue weighted by molar-refractivity contribution is 5.86. The van der Waals surface area contributed by atoms with Crippen LogP contribution in [-0.2, 0) is 6.18 Å². The maximum absolute atomic E-state index is 13.0. The number of aromatic amines is 1. The maximum atomic E-state index is 13.0. The molecule has 0 bridgehead atoms. The zero-order valence-electron chi connectivity index (χ0n) is 16.0. The van der Waals surface area contributed by atoms with Gasteiger partial charge in [0.1, 0.15) is 5.82 Å². The third-order valence-electron chi connectivity index (χ3n) is 5.09. The van der Waals surface area contributed by atoms with E-state index in [1.165, 1.54) is 12.1 Å². The average molecular weight is 395 g/mol. The summed E-state index contributed by atoms with van der Waals surface area (Å²) in [5.41, 5.74) is 3.96. The van der Waals surface area contributed by atoms with Crippen LogP contribution in [0.5, 0.6) is 0 Å². The highest BCUT2D eigenvalue weighted by atomic mass is 19.4. The standard InChI is InChI=1S/C23H20F3N3/c1-14-6-5-13-27-22(14)29-21(16-9-11-17(12-10-16)23(24,25)26)20-15(2)28-19-8-4-3-7-18(19)20/h3-13,21,28H,1-2H3,(H,27,29)/t21-/m1/s1. The van der Waals surface area contributed by atoms with Gasteiger partial charge in [0, 0.05) is 28.4 Å². The lowest BCUT2D eigenvalue weighted by molar-refractivity contribution is -0.137. The molecule has 148 valence electrons. The molecule has 1 atom stereocenters. The van der Waals surface area contributed by atoms with Gasteiger partial charge in [0.25, 0.3) is 0 Å². The lowest BCUT2D eigenvalue weighted by Crippen LogP contribution is -2.15. The Morgan fingerprint density at radius 2 is 1.66 bits per heavy atom. The number of nitrogens with zero attached hydrogens (tertiary/aromatic N) is 1. The van der Waals surface area contributed by atoms with E-state index >= 15 is 0 Å². The number of benzene rings is 2. The predicted octanol–water partition coefficient (Wildman–Crippen LogP) is 6.40. The minimum absolute atomic E-state index is 0.359. The lowest BCUT2D eigenvalue weighted by atomic mass is 9.95. The van der Waals surface area contributed by atoms with E-state index in [-0.39, 0.29) is 6.04 Å². The number of aromatic nitrogens is 2. The number of H-pyrrole nitrogens is 1. The molecule has 0 amide bonds. The number of halogens is 3. The highest BCUT2D eigenvalue weighted by Crippen LogP contribution is 2.36. The van der Waals surface area contributed by atoms with E-state index in [0.29, 0.717) is 5.82 Å². The van der Waals surface area contributed by atoms with Gasteiger partial charge in [-0.3, -0.25) is 0 Å². The normalized spacial score (nSPS) is 12.9. The van der Waals surface area contributed by atoms with Crippen molar-refractivity contribution in [3.8, 4) is 0 Å². The Labute approximate surface area is 166 Å². The summed E-state index contributed by atoms with van der Waals surface area (Å²) in [7, 11) is 0. The quantitative estimate of drug-likeness (QED) is 0.420. The van der Waals surface area contributed by atoms with Crippen LogP contribution in [0.2, 0.25) is 0 Å². The van der Waals surface area contributed by atoms with Gasteiger partial charge in [-0.05, 0) is 49.2 Å². The van der Waals surface area contributed by atoms with Gasteiger partial charge in [-0.15, -0.1) is 0 Å². The summed E-state index contributed by atoms with van der Waals surface area (Å²) in [6.45, 7) is 3.92. The molecule has 4 aromatic rings. The van der Waals surface area contributed by atoms with Crippen molar-refractivity contribution in [2.75, 3.05) is 5.32 Å². The lowest BCUT2D eigenvalue weighted by Gasteiger charge is -2.22. The number of rotatable bonds is 4. The molecule has 4 rings (SSSR count). The fourth-order valence-electron chi connectivity index (χ4n) is 3.63. The van der Waals surface area contributed by atoms with Crippen molar-refractivity contribution in [2.45, 2.75) is 26.1 Å². The van der Waals surface area contributed by atoms with Crippen molar-refractivity contribution in [3.63, 3.8) is 0 Å². The maximum Gasteiger partial charge on any atom is 0.416 e. The van der Waals surface area contributed by atoms with E-state index in [2.05, 4.69) is 15.3 Å². The Bertz CT molecular complexity index is 1140. The van der Waals surface area contributed by atoms with Crippen LogP contribution < -0.4 is 5.32 Å². The average Bonchev–Trinajstić information content (AvgIpc) is 3.02. The molecule has 29 heavy (non-hydrogen) atoms. The number of anilines is 1. The molecule has 0 unspecified atom stereocenters. The SMILES string of the molecule is Cc1cccnc1N[C@H](c1ccc(C(F)(F)F)cc1)c1c(C)[nH]c2ccccc12. The monoisotopic (exact) mass is 395 g/mol. The van der Waals surface area contributed by atoms with Crippen LogP contribution in [0, 0.1) is 13.8 Å². The fourth-order valence-corrected chi connectivity index (χ4v) is 3.63. The Hall–Kier alpha value is -3.28. The summed E-state index contributed by atoms with van der Waals surface area (Å²) < 4.78 is 39.1. The minimum Gasteiger partial charge on any atom is -0.359 e. The molecule has 2 aromatic carbocycles. The second kappa shape index (κ2) is 7.28. The van der Waals surface area contributed by atoms with Gasteiger partial charge in [-0.2, -0.15) is 13.2 Å². The van der Waals surface area contributed by atoms with E-state index in [4.69, 9.17) is 0 Å². The number of hydrogen-bond donors (Lipinski definition) is 2. The fraction of sp³-hybridized carbons (Fsp3) is 0.174. The van der Waals surface area contributed by atoms with Crippen LogP contribution in [0.25, 0.3) is 10.9 Å². The Morgan fingerprint density at radius 1 is 0.931 bits per heavy atom. The molecule has 0 aliphatic heterocycles. The first kappa shape index (κ1) is 19.1. The molecule has 0 saturated carbocycles. The van der Waals surface area contributed by atoms with Crippen molar-refractivity contribution in [1.82, 2.24) is 9.97 Å². The van der Waals surface area contributed by atoms with E-state index in [1.807, 2.05) is 50.2 Å². The van der Waals surface area contributed by atoms with Gasteiger partial charge in [-0.1, -0.05) is 36.4 Å². The van der Waals surface area contributed by atoms with E-state index in [1.54, 1.807) is 6.20 Å². The largest absolute Gasteiger partial charge is 0.416 e. The molecule has 0 radical (unpaired) electrons. The number of fused-ring (bicyclic) bond motifs is 1. The summed E-state index contributed by atoms with van der Waals surface area (Å²) in [5.74, 6) is 0.696. The molecule has 2 aromatic heterocycles. The van der Waals surface area contributed by atoms with Crippen molar-refractivity contribution in [3.05, 3.63) is 94.8 Å². The Balaban J connectivity index is 1.85. The zero-order valence-corrected chi connectivity index (χ0v) is 16.0. The molecule has 0 aliphatic carbocycles. The molecular formula is C23H20F3N3. The number of aryl methyl sites for hydroxylation is 2. The van der Waals surface area contributed by atoms with Gasteiger partial charge in [-0.25, -0.2) is 4.98 Å². The minimum atomic E-state index is -4.37. The molecule has 2 N–H and O–H groups in total. The van der Waals surface area contributed by atoms with Crippen LogP contribution in [-0.4, -0.2) is 9.97 Å². The molecule has 2 heterocycles. The van der Waals surface area contributed by atoms with Gasteiger partial charge in [0.15, 0.2) is 0 Å². The number of para-hydroxylation sites is 1. The summed E-state index contributed by atoms with van der Waals surface area (Å²) in [5, 5.41) is 4.47. The summed E-state index contributed by atoms with van der Waals surface area (Å²) >= 11 is 0. The van der Waals surface area contributed by atoms with Crippen LogP contribution >= 0.6 is 0 Å². The molecule has 0 aliphatic rings. The molecule has 3 nitrogen and oxygen atoms in total. The first-order valence-electron chi connectivity index (χ1n) is 9.27. The third kappa shape index (κ3) is 3.70. The first-order valence-corrected chi connectivity index (χ1v) is 9.27. The molecule has 6 heteroatoms. The zero-order chi connectivity index (χ0) is 20.6. The van der Waals surface area contributed by atoms with Gasteiger partial charge in [0.05, 0.1) is 11.6 Å². The Morgan fingerprint density at radius 3 is 2.34 bits per heavy atom. The molecule has 0 fully saturated rings. The molecular weight excluding hydrogens is 375 g/mol. The van der Waals surface area contributed by atoms with Crippen LogP contribution in [0.4, 0.5) is 19.0 Å².